The number of nitrogens with zero attached hydrogens (tertiary/aromatic N) is 2. The smallest absolute Gasteiger partial charge is 0.353 e. The van der Waals surface area contributed by atoms with Gasteiger partial charge >= 0.3 is 12.2 Å². The number of rotatable bonds is 3. The summed E-state index contributed by atoms with van der Waals surface area (Å²) >= 11 is 0. The van der Waals surface area contributed by atoms with Gasteiger partial charge in [-0.25, -0.2) is 22.9 Å². The van der Waals surface area contributed by atoms with Crippen LogP contribution in [-0.4, -0.2) is 41.0 Å². The van der Waals surface area contributed by atoms with Gasteiger partial charge in [-0.15, -0.1) is 0 Å². The third-order valence-electron chi connectivity index (χ3n) is 4.74. The predicted octanol–water partition coefficient (Wildman–Crippen LogP) is 3.14. The summed E-state index contributed by atoms with van der Waals surface area (Å²) in [4.78, 5) is 29.0. The Bertz CT molecular complexity index is 1010. The van der Waals surface area contributed by atoms with Crippen molar-refractivity contribution < 1.29 is 35.9 Å². The van der Waals surface area contributed by atoms with Gasteiger partial charge in [0.15, 0.2) is 23.1 Å². The maximum atomic E-state index is 13.8. The number of hydrogen-bond acceptors (Lipinski definition) is 3. The zero-order chi connectivity index (χ0) is 22.9. The number of carbonyl (C=O) groups excluding carboxylic acids is 2. The summed E-state index contributed by atoms with van der Waals surface area (Å²) in [6.07, 6.45) is -5.12. The first-order valence-electron chi connectivity index (χ1n) is 9.02. The van der Waals surface area contributed by atoms with E-state index in [9.17, 15) is 35.9 Å². The van der Waals surface area contributed by atoms with Crippen molar-refractivity contribution in [1.82, 2.24) is 20.5 Å². The van der Waals surface area contributed by atoms with Gasteiger partial charge in [-0.3, -0.25) is 4.79 Å². The van der Waals surface area contributed by atoms with E-state index in [4.69, 9.17) is 0 Å². The number of hydrogen-bond donors (Lipinski definition) is 2. The normalized spacial score (nSPS) is 17.8. The minimum absolute atomic E-state index is 0.105. The molecule has 0 bridgehead atoms. The van der Waals surface area contributed by atoms with E-state index in [0.717, 1.165) is 23.1 Å². The molecule has 2 heterocycles. The van der Waals surface area contributed by atoms with E-state index in [1.807, 2.05) is 0 Å². The van der Waals surface area contributed by atoms with Crippen molar-refractivity contribution in [2.75, 3.05) is 13.1 Å². The van der Waals surface area contributed by atoms with E-state index < -0.39 is 59.0 Å². The molecule has 0 aliphatic carbocycles. The lowest BCUT2D eigenvalue weighted by atomic mass is 10.0. The molecule has 1 aliphatic heterocycles. The first-order valence-corrected chi connectivity index (χ1v) is 9.02. The number of carbonyl (C=O) groups is 2. The summed E-state index contributed by atoms with van der Waals surface area (Å²) in [5.74, 6) is -4.59. The van der Waals surface area contributed by atoms with Gasteiger partial charge in [-0.05, 0) is 36.8 Å². The number of nitrogens with one attached hydrogen (secondary N) is 2. The lowest BCUT2D eigenvalue weighted by Gasteiger charge is -2.34. The van der Waals surface area contributed by atoms with Gasteiger partial charge in [0.05, 0.1) is 11.7 Å². The lowest BCUT2D eigenvalue weighted by Crippen LogP contribution is -2.58. The van der Waals surface area contributed by atoms with E-state index in [0.29, 0.717) is 12.1 Å². The van der Waals surface area contributed by atoms with Gasteiger partial charge in [0.1, 0.15) is 6.04 Å². The molecule has 0 saturated carbocycles. The summed E-state index contributed by atoms with van der Waals surface area (Å²) < 4.78 is 80.1. The van der Waals surface area contributed by atoms with Crippen molar-refractivity contribution in [3.63, 3.8) is 0 Å². The summed E-state index contributed by atoms with van der Waals surface area (Å²) in [6.45, 7) is 1.70. The number of piperazine rings is 1. The number of urea groups is 1. The zero-order valence-electron chi connectivity index (χ0n) is 15.9. The summed E-state index contributed by atoms with van der Waals surface area (Å²) in [5.41, 5.74) is -2.41. The Morgan fingerprint density at radius 3 is 2.48 bits per heavy atom. The molecule has 6 nitrogen and oxygen atoms in total. The summed E-state index contributed by atoms with van der Waals surface area (Å²) in [7, 11) is 0. The Morgan fingerprint density at radius 2 is 1.84 bits per heavy atom. The highest BCUT2D eigenvalue weighted by molar-refractivity contribution is 5.88. The zero-order valence-corrected chi connectivity index (χ0v) is 15.9. The Balaban J connectivity index is 2.03. The van der Waals surface area contributed by atoms with Crippen molar-refractivity contribution in [3.8, 4) is 0 Å². The first-order chi connectivity index (χ1) is 14.5. The highest BCUT2D eigenvalue weighted by Crippen LogP contribution is 2.32. The largest absolute Gasteiger partial charge is 0.436 e. The van der Waals surface area contributed by atoms with Gasteiger partial charge in [-0.1, -0.05) is 6.07 Å². The molecule has 3 amide bonds. The molecule has 1 aromatic heterocycles. The molecule has 0 unspecified atom stereocenters. The molecule has 0 radical (unpaired) electrons. The van der Waals surface area contributed by atoms with Gasteiger partial charge in [0.2, 0.25) is 5.91 Å². The Kier molecular flexibility index (Phi) is 6.09. The molecule has 1 aliphatic rings. The minimum atomic E-state index is -5.12. The van der Waals surface area contributed by atoms with Crippen LogP contribution in [0, 0.1) is 17.5 Å². The van der Waals surface area contributed by atoms with E-state index >= 15 is 0 Å². The van der Waals surface area contributed by atoms with Crippen LogP contribution in [0.4, 0.5) is 31.1 Å². The van der Waals surface area contributed by atoms with Gasteiger partial charge in [-0.2, -0.15) is 13.2 Å². The third-order valence-corrected chi connectivity index (χ3v) is 4.74. The van der Waals surface area contributed by atoms with Crippen molar-refractivity contribution >= 4 is 11.9 Å². The van der Waals surface area contributed by atoms with Crippen LogP contribution < -0.4 is 10.6 Å². The molecule has 1 aromatic carbocycles. The van der Waals surface area contributed by atoms with Crippen molar-refractivity contribution in [1.29, 1.82) is 0 Å². The van der Waals surface area contributed by atoms with Crippen LogP contribution in [0.15, 0.2) is 30.3 Å². The average Bonchev–Trinajstić information content (AvgIpc) is 2.70. The molecule has 0 spiro atoms. The van der Waals surface area contributed by atoms with Crippen LogP contribution in [0.1, 0.15) is 29.9 Å². The first kappa shape index (κ1) is 22.4. The van der Waals surface area contributed by atoms with Crippen LogP contribution >= 0.6 is 0 Å². The summed E-state index contributed by atoms with van der Waals surface area (Å²) in [6, 6.07) is 0.655. The molecule has 2 N–H and O–H groups in total. The molecule has 2 aromatic rings. The standard InChI is InChI=1S/C19H16F6N4O2/c1-9-17(30)26-6-7-29(9)18(31)28-15(10-2-3-11(20)13(22)8-10)14-5-4-12(21)16(27-14)19(23,24)25/h2-5,8-9,15H,6-7H2,1H3,(H,26,30)(H,28,31)/t9-,15+/m1/s1. The molecular formula is C19H16F6N4O2. The van der Waals surface area contributed by atoms with Crippen molar-refractivity contribution in [3.05, 3.63) is 64.7 Å². The second kappa shape index (κ2) is 8.44. The highest BCUT2D eigenvalue weighted by Gasteiger charge is 2.38. The highest BCUT2D eigenvalue weighted by atomic mass is 19.4. The number of halogens is 6. The Hall–Kier alpha value is -3.31. The maximum Gasteiger partial charge on any atom is 0.436 e. The average molecular weight is 446 g/mol. The Morgan fingerprint density at radius 1 is 1.16 bits per heavy atom. The number of pyridine rings is 1. The fourth-order valence-electron chi connectivity index (χ4n) is 3.10. The third kappa shape index (κ3) is 4.72. The molecule has 1 saturated heterocycles. The second-order valence-corrected chi connectivity index (χ2v) is 6.78. The van der Waals surface area contributed by atoms with E-state index in [-0.39, 0.29) is 18.7 Å². The molecule has 1 fully saturated rings. The fourth-order valence-corrected chi connectivity index (χ4v) is 3.10. The molecule has 166 valence electrons. The van der Waals surface area contributed by atoms with E-state index in [1.54, 1.807) is 0 Å². The van der Waals surface area contributed by atoms with E-state index in [2.05, 4.69) is 15.6 Å². The lowest BCUT2D eigenvalue weighted by molar-refractivity contribution is -0.143. The van der Waals surface area contributed by atoms with E-state index in [1.165, 1.54) is 6.92 Å². The molecule has 3 rings (SSSR count). The van der Waals surface area contributed by atoms with Crippen LogP contribution in [0.25, 0.3) is 0 Å². The molecule has 12 heteroatoms. The van der Waals surface area contributed by atoms with Crippen LogP contribution in [0.2, 0.25) is 0 Å². The number of benzene rings is 1. The molecule has 31 heavy (non-hydrogen) atoms. The molecule has 2 atom stereocenters. The molecular weight excluding hydrogens is 430 g/mol. The quantitative estimate of drug-likeness (QED) is 0.712. The number of alkyl halides is 3. The van der Waals surface area contributed by atoms with Gasteiger partial charge < -0.3 is 15.5 Å². The monoisotopic (exact) mass is 446 g/mol. The van der Waals surface area contributed by atoms with Crippen molar-refractivity contribution in [2.24, 2.45) is 0 Å². The maximum absolute atomic E-state index is 13.8. The van der Waals surface area contributed by atoms with Gasteiger partial charge in [0.25, 0.3) is 0 Å². The van der Waals surface area contributed by atoms with Gasteiger partial charge in [0, 0.05) is 13.1 Å². The number of amides is 3. The van der Waals surface area contributed by atoms with Crippen LogP contribution in [0.5, 0.6) is 0 Å². The second-order valence-electron chi connectivity index (χ2n) is 6.78. The van der Waals surface area contributed by atoms with Crippen molar-refractivity contribution in [2.45, 2.75) is 25.2 Å². The van der Waals surface area contributed by atoms with Crippen LogP contribution in [-0.2, 0) is 11.0 Å². The topological polar surface area (TPSA) is 74.3 Å². The minimum Gasteiger partial charge on any atom is -0.353 e. The Labute approximate surface area is 172 Å². The fraction of sp³-hybridized carbons (Fsp3) is 0.316. The van der Waals surface area contributed by atoms with Crippen LogP contribution in [0.3, 0.4) is 0 Å². The predicted molar refractivity (Wildman–Crippen MR) is 95.1 cm³/mol. The SMILES string of the molecule is C[C@@H]1C(=O)NCCN1C(=O)N[C@@H](c1ccc(F)c(F)c1)c1ccc(F)c(C(F)(F)F)n1. The number of aromatic nitrogens is 1. The summed E-state index contributed by atoms with van der Waals surface area (Å²) in [5, 5.41) is 4.93.